The van der Waals surface area contributed by atoms with Crippen LogP contribution in [0, 0.1) is 12.3 Å². The zero-order chi connectivity index (χ0) is 15.8. The minimum atomic E-state index is 0. The van der Waals surface area contributed by atoms with Gasteiger partial charge in [0.05, 0.1) is 0 Å². The van der Waals surface area contributed by atoms with E-state index in [0.29, 0.717) is 5.41 Å². The van der Waals surface area contributed by atoms with Gasteiger partial charge in [-0.3, -0.25) is 4.99 Å². The van der Waals surface area contributed by atoms with Gasteiger partial charge in [0, 0.05) is 33.4 Å². The molecule has 0 atom stereocenters. The molecule has 1 aromatic carbocycles. The van der Waals surface area contributed by atoms with E-state index in [9.17, 15) is 0 Å². The van der Waals surface area contributed by atoms with Crippen LogP contribution in [0.25, 0.3) is 0 Å². The quantitative estimate of drug-likeness (QED) is 0.287. The summed E-state index contributed by atoms with van der Waals surface area (Å²) in [7, 11) is 1.83. The Morgan fingerprint density at radius 2 is 2.00 bits per heavy atom. The van der Waals surface area contributed by atoms with E-state index < -0.39 is 0 Å². The number of hydrogen-bond donors (Lipinski definition) is 2. The molecule has 0 radical (unpaired) electrons. The number of aryl methyl sites for hydroxylation is 1. The number of rotatable bonds is 8. The first kappa shape index (κ1) is 20.2. The van der Waals surface area contributed by atoms with Gasteiger partial charge in [-0.05, 0) is 49.7 Å². The zero-order valence-electron chi connectivity index (χ0n) is 14.5. The number of aliphatic imine (C=N–C) groups is 1. The molecule has 1 saturated carbocycles. The Bertz CT molecular complexity index is 501. The van der Waals surface area contributed by atoms with Gasteiger partial charge in [0.25, 0.3) is 0 Å². The third kappa shape index (κ3) is 6.67. The molecule has 0 bridgehead atoms. The van der Waals surface area contributed by atoms with Gasteiger partial charge in [-0.15, -0.1) is 24.0 Å². The zero-order valence-corrected chi connectivity index (χ0v) is 16.9. The van der Waals surface area contributed by atoms with Crippen LogP contribution in [-0.4, -0.2) is 32.8 Å². The largest absolute Gasteiger partial charge is 0.382 e. The lowest BCUT2D eigenvalue weighted by Gasteiger charge is -2.19. The smallest absolute Gasteiger partial charge is 0.191 e. The van der Waals surface area contributed by atoms with Crippen molar-refractivity contribution in [2.45, 2.75) is 39.7 Å². The molecule has 0 saturated heterocycles. The molecule has 2 rings (SSSR count). The molecule has 1 aromatic rings. The standard InChI is InChI=1S/C18H29N3O.HI/c1-4-22-12-11-18(9-10-18)14-21-17(19-3)20-13-16-8-6-5-7-15(16)2;/h5-8H,4,9-14H2,1-3H3,(H2,19,20,21);1H. The van der Waals surface area contributed by atoms with Crippen LogP contribution in [0.3, 0.4) is 0 Å². The number of guanidine groups is 1. The minimum Gasteiger partial charge on any atom is -0.382 e. The van der Waals surface area contributed by atoms with E-state index in [4.69, 9.17) is 4.74 Å². The van der Waals surface area contributed by atoms with Crippen LogP contribution in [-0.2, 0) is 11.3 Å². The van der Waals surface area contributed by atoms with Gasteiger partial charge in [-0.2, -0.15) is 0 Å². The molecule has 0 aromatic heterocycles. The lowest BCUT2D eigenvalue weighted by Crippen LogP contribution is -2.40. The van der Waals surface area contributed by atoms with Crippen LogP contribution < -0.4 is 10.6 Å². The highest BCUT2D eigenvalue weighted by molar-refractivity contribution is 14.0. The Hall–Kier alpha value is -0.820. The number of ether oxygens (including phenoxy) is 1. The van der Waals surface area contributed by atoms with Gasteiger partial charge in [-0.25, -0.2) is 0 Å². The summed E-state index contributed by atoms with van der Waals surface area (Å²) in [5, 5.41) is 6.87. The molecule has 1 aliphatic rings. The Morgan fingerprint density at radius 3 is 2.61 bits per heavy atom. The highest BCUT2D eigenvalue weighted by Gasteiger charge is 2.41. The predicted octanol–water partition coefficient (Wildman–Crippen LogP) is 3.48. The van der Waals surface area contributed by atoms with E-state index in [-0.39, 0.29) is 24.0 Å². The van der Waals surface area contributed by atoms with Crippen molar-refractivity contribution >= 4 is 29.9 Å². The molecule has 0 spiro atoms. The van der Waals surface area contributed by atoms with Crippen LogP contribution in [0.15, 0.2) is 29.3 Å². The second-order valence-corrected chi connectivity index (χ2v) is 6.15. The third-order valence-electron chi connectivity index (χ3n) is 4.50. The monoisotopic (exact) mass is 431 g/mol. The van der Waals surface area contributed by atoms with Crippen molar-refractivity contribution in [2.75, 3.05) is 26.8 Å². The van der Waals surface area contributed by atoms with Crippen LogP contribution in [0.4, 0.5) is 0 Å². The summed E-state index contributed by atoms with van der Waals surface area (Å²) in [6, 6.07) is 8.44. The molecule has 23 heavy (non-hydrogen) atoms. The average Bonchev–Trinajstić information content (AvgIpc) is 3.29. The van der Waals surface area contributed by atoms with Gasteiger partial charge in [-0.1, -0.05) is 24.3 Å². The lowest BCUT2D eigenvalue weighted by atomic mass is 10.0. The SMILES string of the molecule is CCOCCC1(CNC(=NC)NCc2ccccc2C)CC1.I. The van der Waals surface area contributed by atoms with Crippen molar-refractivity contribution in [3.8, 4) is 0 Å². The first-order valence-electron chi connectivity index (χ1n) is 8.26. The molecular formula is C18H30IN3O. The average molecular weight is 431 g/mol. The van der Waals surface area contributed by atoms with Crippen molar-refractivity contribution in [3.63, 3.8) is 0 Å². The molecule has 5 heteroatoms. The summed E-state index contributed by atoms with van der Waals surface area (Å²) in [5.74, 6) is 0.880. The summed E-state index contributed by atoms with van der Waals surface area (Å²) in [6.45, 7) is 7.65. The van der Waals surface area contributed by atoms with Crippen LogP contribution in [0.2, 0.25) is 0 Å². The van der Waals surface area contributed by atoms with Crippen molar-refractivity contribution in [2.24, 2.45) is 10.4 Å². The third-order valence-corrected chi connectivity index (χ3v) is 4.50. The molecular weight excluding hydrogens is 401 g/mol. The normalized spacial score (nSPS) is 15.7. The summed E-state index contributed by atoms with van der Waals surface area (Å²) in [5.41, 5.74) is 3.04. The van der Waals surface area contributed by atoms with E-state index in [2.05, 4.69) is 53.7 Å². The second-order valence-electron chi connectivity index (χ2n) is 6.15. The summed E-state index contributed by atoms with van der Waals surface area (Å²) < 4.78 is 5.49. The Kier molecular flexibility index (Phi) is 8.91. The fraction of sp³-hybridized carbons (Fsp3) is 0.611. The molecule has 2 N–H and O–H groups in total. The van der Waals surface area contributed by atoms with Gasteiger partial charge >= 0.3 is 0 Å². The van der Waals surface area contributed by atoms with E-state index in [1.54, 1.807) is 0 Å². The first-order valence-corrected chi connectivity index (χ1v) is 8.26. The number of nitrogens with zero attached hydrogens (tertiary/aromatic N) is 1. The molecule has 0 heterocycles. The van der Waals surface area contributed by atoms with E-state index in [0.717, 1.165) is 38.7 Å². The van der Waals surface area contributed by atoms with Crippen LogP contribution in [0.5, 0.6) is 0 Å². The predicted molar refractivity (Wildman–Crippen MR) is 108 cm³/mol. The second kappa shape index (κ2) is 10.1. The maximum Gasteiger partial charge on any atom is 0.191 e. The van der Waals surface area contributed by atoms with Crippen molar-refractivity contribution in [3.05, 3.63) is 35.4 Å². The molecule has 0 unspecified atom stereocenters. The number of hydrogen-bond acceptors (Lipinski definition) is 2. The highest BCUT2D eigenvalue weighted by Crippen LogP contribution is 2.48. The fourth-order valence-corrected chi connectivity index (χ4v) is 2.60. The minimum absolute atomic E-state index is 0. The van der Waals surface area contributed by atoms with E-state index in [1.807, 2.05) is 7.05 Å². The highest BCUT2D eigenvalue weighted by atomic mass is 127. The number of halogens is 1. The summed E-state index contributed by atoms with van der Waals surface area (Å²) in [4.78, 5) is 4.32. The van der Waals surface area contributed by atoms with Gasteiger partial charge in [0.1, 0.15) is 0 Å². The molecule has 130 valence electrons. The molecule has 1 fully saturated rings. The molecule has 1 aliphatic carbocycles. The maximum atomic E-state index is 5.49. The Morgan fingerprint density at radius 1 is 1.26 bits per heavy atom. The maximum absolute atomic E-state index is 5.49. The van der Waals surface area contributed by atoms with Crippen LogP contribution >= 0.6 is 24.0 Å². The van der Waals surface area contributed by atoms with Crippen LogP contribution in [0.1, 0.15) is 37.3 Å². The number of nitrogens with one attached hydrogen (secondary N) is 2. The molecule has 0 amide bonds. The van der Waals surface area contributed by atoms with E-state index >= 15 is 0 Å². The van der Waals surface area contributed by atoms with Gasteiger partial charge in [0.15, 0.2) is 5.96 Å². The lowest BCUT2D eigenvalue weighted by molar-refractivity contribution is 0.128. The Labute approximate surface area is 157 Å². The van der Waals surface area contributed by atoms with Gasteiger partial charge < -0.3 is 15.4 Å². The number of benzene rings is 1. The first-order chi connectivity index (χ1) is 10.7. The van der Waals surface area contributed by atoms with Crippen molar-refractivity contribution in [1.82, 2.24) is 10.6 Å². The topological polar surface area (TPSA) is 45.6 Å². The van der Waals surface area contributed by atoms with Crippen molar-refractivity contribution < 1.29 is 4.74 Å². The van der Waals surface area contributed by atoms with E-state index in [1.165, 1.54) is 24.0 Å². The molecule has 4 nitrogen and oxygen atoms in total. The summed E-state index contributed by atoms with van der Waals surface area (Å²) in [6.07, 6.45) is 3.73. The Balaban J connectivity index is 0.00000264. The van der Waals surface area contributed by atoms with Gasteiger partial charge in [0.2, 0.25) is 0 Å². The molecule has 0 aliphatic heterocycles. The fourth-order valence-electron chi connectivity index (χ4n) is 2.60. The van der Waals surface area contributed by atoms with Crippen molar-refractivity contribution in [1.29, 1.82) is 0 Å². The summed E-state index contributed by atoms with van der Waals surface area (Å²) >= 11 is 0.